The molecule has 0 aliphatic heterocycles. The van der Waals surface area contributed by atoms with E-state index < -0.39 is 5.97 Å². The van der Waals surface area contributed by atoms with E-state index in [0.29, 0.717) is 17.9 Å². The number of nitrogens with zero attached hydrogens (tertiary/aromatic N) is 2. The van der Waals surface area contributed by atoms with Crippen molar-refractivity contribution in [2.45, 2.75) is 20.1 Å². The number of hydrogen-bond donors (Lipinski definition) is 1. The molecule has 0 aromatic carbocycles. The third kappa shape index (κ3) is 4.68. The molecule has 1 N–H and O–H groups in total. The minimum absolute atomic E-state index is 0.0588. The van der Waals surface area contributed by atoms with Gasteiger partial charge in [0.1, 0.15) is 12.3 Å². The van der Waals surface area contributed by atoms with Crippen molar-refractivity contribution in [1.82, 2.24) is 15.3 Å². The maximum atomic E-state index is 11.7. The van der Waals surface area contributed by atoms with Crippen LogP contribution in [0.4, 0.5) is 0 Å². The van der Waals surface area contributed by atoms with Crippen LogP contribution in [0.5, 0.6) is 0 Å². The standard InChI is InChI=1S/C15H15N3O3/c1-11(19)17-9-12-5-4-6-13(18-12)10-21-15(20)14-7-2-3-8-16-14/h2-8H,9-10H2,1H3,(H,17,19). The zero-order valence-corrected chi connectivity index (χ0v) is 11.6. The Bertz CT molecular complexity index is 629. The van der Waals surface area contributed by atoms with E-state index in [9.17, 15) is 9.59 Å². The fraction of sp³-hybridized carbons (Fsp3) is 0.200. The van der Waals surface area contributed by atoms with Crippen molar-refractivity contribution in [2.24, 2.45) is 0 Å². The van der Waals surface area contributed by atoms with Crippen molar-refractivity contribution < 1.29 is 14.3 Å². The summed E-state index contributed by atoms with van der Waals surface area (Å²) in [4.78, 5) is 30.8. The Morgan fingerprint density at radius 1 is 1.14 bits per heavy atom. The maximum Gasteiger partial charge on any atom is 0.357 e. The van der Waals surface area contributed by atoms with E-state index in [1.54, 1.807) is 36.4 Å². The van der Waals surface area contributed by atoms with Crippen LogP contribution >= 0.6 is 0 Å². The van der Waals surface area contributed by atoms with Gasteiger partial charge in [0.15, 0.2) is 0 Å². The highest BCUT2D eigenvalue weighted by Gasteiger charge is 2.08. The average Bonchev–Trinajstić information content (AvgIpc) is 2.52. The lowest BCUT2D eigenvalue weighted by Gasteiger charge is -2.06. The average molecular weight is 285 g/mol. The van der Waals surface area contributed by atoms with Crippen LogP contribution in [0.3, 0.4) is 0 Å². The summed E-state index contributed by atoms with van der Waals surface area (Å²) in [7, 11) is 0. The molecule has 2 heterocycles. The Labute approximate surface area is 122 Å². The van der Waals surface area contributed by atoms with E-state index in [1.807, 2.05) is 0 Å². The zero-order valence-electron chi connectivity index (χ0n) is 11.6. The van der Waals surface area contributed by atoms with Crippen LogP contribution in [0.25, 0.3) is 0 Å². The molecule has 108 valence electrons. The third-order valence-electron chi connectivity index (χ3n) is 2.61. The van der Waals surface area contributed by atoms with Gasteiger partial charge in [0, 0.05) is 13.1 Å². The predicted molar refractivity (Wildman–Crippen MR) is 75.1 cm³/mol. The predicted octanol–water partition coefficient (Wildman–Crippen LogP) is 1.47. The van der Waals surface area contributed by atoms with E-state index in [0.717, 1.165) is 0 Å². The summed E-state index contributed by atoms with van der Waals surface area (Å²) in [5.74, 6) is -0.617. The molecule has 0 saturated heterocycles. The van der Waals surface area contributed by atoms with E-state index in [4.69, 9.17) is 4.74 Å². The SMILES string of the molecule is CC(=O)NCc1cccc(COC(=O)c2ccccn2)n1. The molecular weight excluding hydrogens is 270 g/mol. The molecule has 6 nitrogen and oxygen atoms in total. The molecule has 0 atom stereocenters. The molecule has 21 heavy (non-hydrogen) atoms. The molecule has 2 rings (SSSR count). The van der Waals surface area contributed by atoms with E-state index >= 15 is 0 Å². The Morgan fingerprint density at radius 2 is 1.95 bits per heavy atom. The van der Waals surface area contributed by atoms with Crippen LogP contribution in [0, 0.1) is 0 Å². The van der Waals surface area contributed by atoms with Gasteiger partial charge in [0.2, 0.25) is 5.91 Å². The number of amides is 1. The number of hydrogen-bond acceptors (Lipinski definition) is 5. The fourth-order valence-electron chi connectivity index (χ4n) is 1.62. The molecule has 2 aromatic heterocycles. The van der Waals surface area contributed by atoms with Gasteiger partial charge in [-0.1, -0.05) is 12.1 Å². The zero-order chi connectivity index (χ0) is 15.1. The minimum atomic E-state index is -0.496. The first-order valence-corrected chi connectivity index (χ1v) is 6.42. The van der Waals surface area contributed by atoms with Gasteiger partial charge in [0.05, 0.1) is 17.9 Å². The van der Waals surface area contributed by atoms with Crippen molar-refractivity contribution in [3.8, 4) is 0 Å². The minimum Gasteiger partial charge on any atom is -0.454 e. The number of carbonyl (C=O) groups is 2. The lowest BCUT2D eigenvalue weighted by molar-refractivity contribution is -0.119. The van der Waals surface area contributed by atoms with Gasteiger partial charge in [-0.25, -0.2) is 9.78 Å². The maximum absolute atomic E-state index is 11.7. The van der Waals surface area contributed by atoms with Gasteiger partial charge in [-0.2, -0.15) is 0 Å². The number of nitrogens with one attached hydrogen (secondary N) is 1. The summed E-state index contributed by atoms with van der Waals surface area (Å²) in [6, 6.07) is 10.4. The van der Waals surface area contributed by atoms with Crippen LogP contribution in [0.1, 0.15) is 28.8 Å². The van der Waals surface area contributed by atoms with Gasteiger partial charge in [-0.3, -0.25) is 9.78 Å². The highest BCUT2D eigenvalue weighted by Crippen LogP contribution is 2.04. The molecule has 0 spiro atoms. The number of esters is 1. The number of pyridine rings is 2. The van der Waals surface area contributed by atoms with Crippen LogP contribution in [0.15, 0.2) is 42.6 Å². The quantitative estimate of drug-likeness (QED) is 0.841. The molecule has 0 bridgehead atoms. The van der Waals surface area contributed by atoms with Crippen LogP contribution in [-0.2, 0) is 22.7 Å². The topological polar surface area (TPSA) is 81.2 Å². The highest BCUT2D eigenvalue weighted by atomic mass is 16.5. The summed E-state index contributed by atoms with van der Waals surface area (Å²) in [6.07, 6.45) is 1.53. The molecule has 0 aliphatic carbocycles. The van der Waals surface area contributed by atoms with Gasteiger partial charge in [-0.05, 0) is 24.3 Å². The first kappa shape index (κ1) is 14.6. The van der Waals surface area contributed by atoms with Crippen molar-refractivity contribution in [3.63, 3.8) is 0 Å². The second-order valence-electron chi connectivity index (χ2n) is 4.32. The first-order valence-electron chi connectivity index (χ1n) is 6.42. The van der Waals surface area contributed by atoms with E-state index in [2.05, 4.69) is 15.3 Å². The normalized spacial score (nSPS) is 9.95. The highest BCUT2D eigenvalue weighted by molar-refractivity contribution is 5.87. The van der Waals surface area contributed by atoms with Crippen molar-refractivity contribution in [2.75, 3.05) is 0 Å². The van der Waals surface area contributed by atoms with Crippen LogP contribution in [0.2, 0.25) is 0 Å². The van der Waals surface area contributed by atoms with Crippen molar-refractivity contribution in [1.29, 1.82) is 0 Å². The first-order chi connectivity index (χ1) is 10.1. The molecule has 6 heteroatoms. The summed E-state index contributed by atoms with van der Waals surface area (Å²) in [5, 5.41) is 2.66. The van der Waals surface area contributed by atoms with E-state index in [1.165, 1.54) is 13.1 Å². The molecular formula is C15H15N3O3. The number of carbonyl (C=O) groups excluding carboxylic acids is 2. The third-order valence-corrected chi connectivity index (χ3v) is 2.61. The lowest BCUT2D eigenvalue weighted by atomic mass is 10.3. The van der Waals surface area contributed by atoms with Crippen molar-refractivity contribution >= 4 is 11.9 Å². The largest absolute Gasteiger partial charge is 0.454 e. The Balaban J connectivity index is 1.92. The molecule has 0 unspecified atom stereocenters. The second kappa shape index (κ2) is 7.14. The number of ether oxygens (including phenoxy) is 1. The smallest absolute Gasteiger partial charge is 0.357 e. The molecule has 0 radical (unpaired) electrons. The van der Waals surface area contributed by atoms with E-state index in [-0.39, 0.29) is 18.2 Å². The number of aromatic nitrogens is 2. The van der Waals surface area contributed by atoms with Crippen LogP contribution < -0.4 is 5.32 Å². The summed E-state index contributed by atoms with van der Waals surface area (Å²) in [6.45, 7) is 1.85. The monoisotopic (exact) mass is 285 g/mol. The molecule has 0 saturated carbocycles. The summed E-state index contributed by atoms with van der Waals surface area (Å²) >= 11 is 0. The van der Waals surface area contributed by atoms with Crippen LogP contribution in [-0.4, -0.2) is 21.8 Å². The Morgan fingerprint density at radius 3 is 2.67 bits per heavy atom. The van der Waals surface area contributed by atoms with Gasteiger partial charge in [-0.15, -0.1) is 0 Å². The van der Waals surface area contributed by atoms with Gasteiger partial charge >= 0.3 is 5.97 Å². The molecule has 2 aromatic rings. The van der Waals surface area contributed by atoms with Gasteiger partial charge < -0.3 is 10.1 Å². The number of rotatable bonds is 5. The molecule has 0 fully saturated rings. The fourth-order valence-corrected chi connectivity index (χ4v) is 1.62. The summed E-state index contributed by atoms with van der Waals surface area (Å²) in [5.41, 5.74) is 1.57. The second-order valence-corrected chi connectivity index (χ2v) is 4.32. The molecule has 0 aliphatic rings. The van der Waals surface area contributed by atoms with Crippen molar-refractivity contribution in [3.05, 3.63) is 59.7 Å². The lowest BCUT2D eigenvalue weighted by Crippen LogP contribution is -2.20. The molecule has 1 amide bonds. The summed E-state index contributed by atoms with van der Waals surface area (Å²) < 4.78 is 5.14. The Kier molecular flexibility index (Phi) is 4.98. The Hall–Kier alpha value is -2.76. The van der Waals surface area contributed by atoms with Gasteiger partial charge in [0.25, 0.3) is 0 Å².